The molecule has 1 aromatic heterocycles. The third-order valence-electron chi connectivity index (χ3n) is 3.63. The molecule has 0 saturated carbocycles. The van der Waals surface area contributed by atoms with Crippen molar-refractivity contribution in [2.75, 3.05) is 24.3 Å². The molecule has 0 spiro atoms. The van der Waals surface area contributed by atoms with E-state index in [1.54, 1.807) is 4.90 Å². The first-order chi connectivity index (χ1) is 9.11. The maximum atomic E-state index is 11.7. The Balaban J connectivity index is 2.09. The zero-order valence-corrected chi connectivity index (χ0v) is 11.2. The topological polar surface area (TPSA) is 61.0 Å². The Kier molecular flexibility index (Phi) is 2.55. The number of hydrogen-bond acceptors (Lipinski definition) is 3. The van der Waals surface area contributed by atoms with Gasteiger partial charge in [-0.15, -0.1) is 0 Å². The van der Waals surface area contributed by atoms with Crippen LogP contribution in [0.5, 0.6) is 0 Å². The normalized spacial score (nSPS) is 13.8. The third-order valence-corrected chi connectivity index (χ3v) is 3.63. The van der Waals surface area contributed by atoms with Crippen LogP contribution in [0.2, 0.25) is 0 Å². The summed E-state index contributed by atoms with van der Waals surface area (Å²) in [5.74, 6) is 0.138. The van der Waals surface area contributed by atoms with Crippen molar-refractivity contribution in [3.05, 3.63) is 29.5 Å². The predicted molar refractivity (Wildman–Crippen MR) is 75.4 cm³/mol. The van der Waals surface area contributed by atoms with Crippen molar-refractivity contribution in [2.45, 2.75) is 13.3 Å². The number of benzene rings is 1. The van der Waals surface area contributed by atoms with Crippen molar-refractivity contribution in [3.8, 4) is 11.3 Å². The van der Waals surface area contributed by atoms with E-state index >= 15 is 0 Å². The molecule has 0 fully saturated rings. The molecule has 0 radical (unpaired) electrons. The number of carbonyl (C=O) groups is 1. The van der Waals surface area contributed by atoms with E-state index in [2.05, 4.69) is 15.5 Å². The molecule has 3 rings (SSSR count). The number of nitrogens with zero attached hydrogens (tertiary/aromatic N) is 2. The average Bonchev–Trinajstić information content (AvgIpc) is 2.90. The fraction of sp³-hybridized carbons (Fsp3) is 0.286. The number of anilines is 2. The summed E-state index contributed by atoms with van der Waals surface area (Å²) in [6.07, 6.45) is 0.470. The molecule has 2 aromatic rings. The Morgan fingerprint density at radius 2 is 2.21 bits per heavy atom. The van der Waals surface area contributed by atoms with Gasteiger partial charge in [0.15, 0.2) is 0 Å². The lowest BCUT2D eigenvalue weighted by atomic mass is 10.0. The van der Waals surface area contributed by atoms with Crippen LogP contribution in [-0.2, 0) is 11.2 Å². The van der Waals surface area contributed by atoms with Crippen LogP contribution in [0, 0.1) is 6.92 Å². The maximum absolute atomic E-state index is 11.7. The SMILES string of the molecule is CNc1c(-c2ccc3c(c2)CC(=O)N3C)n[nH]c1C. The lowest BCUT2D eigenvalue weighted by Gasteiger charge is -2.10. The molecule has 2 N–H and O–H groups in total. The van der Waals surface area contributed by atoms with Crippen LogP contribution in [0.3, 0.4) is 0 Å². The van der Waals surface area contributed by atoms with Crippen LogP contribution in [-0.4, -0.2) is 30.2 Å². The van der Waals surface area contributed by atoms with Gasteiger partial charge in [0.2, 0.25) is 5.91 Å². The largest absolute Gasteiger partial charge is 0.385 e. The summed E-state index contributed by atoms with van der Waals surface area (Å²) in [7, 11) is 3.69. The second-order valence-corrected chi connectivity index (χ2v) is 4.80. The Morgan fingerprint density at radius 3 is 2.95 bits per heavy atom. The molecule has 1 aromatic carbocycles. The standard InChI is InChI=1S/C14H16N4O/c1-8-13(15-2)14(17-16-8)9-4-5-11-10(6-9)7-12(19)18(11)3/h4-6,15H,7H2,1-3H3,(H,16,17). The highest BCUT2D eigenvalue weighted by molar-refractivity contribution is 6.01. The summed E-state index contributed by atoms with van der Waals surface area (Å²) in [4.78, 5) is 13.4. The van der Waals surface area contributed by atoms with Crippen molar-refractivity contribution < 1.29 is 4.79 Å². The molecular weight excluding hydrogens is 240 g/mol. The number of rotatable bonds is 2. The van der Waals surface area contributed by atoms with E-state index in [1.165, 1.54) is 0 Å². The zero-order valence-electron chi connectivity index (χ0n) is 11.2. The van der Waals surface area contributed by atoms with Gasteiger partial charge in [0, 0.05) is 25.3 Å². The van der Waals surface area contributed by atoms with Gasteiger partial charge in [-0.2, -0.15) is 5.10 Å². The number of aromatic amines is 1. The first kappa shape index (κ1) is 11.8. The summed E-state index contributed by atoms with van der Waals surface area (Å²) in [5, 5.41) is 10.5. The molecule has 5 nitrogen and oxygen atoms in total. The predicted octanol–water partition coefficient (Wildman–Crippen LogP) is 1.95. The molecule has 5 heteroatoms. The first-order valence-corrected chi connectivity index (χ1v) is 6.24. The molecule has 0 bridgehead atoms. The second-order valence-electron chi connectivity index (χ2n) is 4.80. The molecule has 1 aliphatic rings. The van der Waals surface area contributed by atoms with Gasteiger partial charge in [-0.3, -0.25) is 9.89 Å². The van der Waals surface area contributed by atoms with E-state index in [0.717, 1.165) is 33.9 Å². The molecule has 0 atom stereocenters. The van der Waals surface area contributed by atoms with Crippen LogP contribution in [0.4, 0.5) is 11.4 Å². The van der Waals surface area contributed by atoms with E-state index < -0.39 is 0 Å². The first-order valence-electron chi connectivity index (χ1n) is 6.24. The number of fused-ring (bicyclic) bond motifs is 1. The van der Waals surface area contributed by atoms with Gasteiger partial charge in [0.25, 0.3) is 0 Å². The van der Waals surface area contributed by atoms with Crippen molar-refractivity contribution in [1.29, 1.82) is 0 Å². The molecule has 98 valence electrons. The molecular formula is C14H16N4O. The summed E-state index contributed by atoms with van der Waals surface area (Å²) in [5.41, 5.74) is 5.98. The van der Waals surface area contributed by atoms with E-state index in [9.17, 15) is 4.79 Å². The van der Waals surface area contributed by atoms with Gasteiger partial charge in [-0.25, -0.2) is 0 Å². The van der Waals surface area contributed by atoms with Gasteiger partial charge in [-0.1, -0.05) is 6.07 Å². The van der Waals surface area contributed by atoms with Crippen LogP contribution >= 0.6 is 0 Å². The van der Waals surface area contributed by atoms with Crippen molar-refractivity contribution in [1.82, 2.24) is 10.2 Å². The highest BCUT2D eigenvalue weighted by Crippen LogP contribution is 2.34. The Bertz CT molecular complexity index is 659. The van der Waals surface area contributed by atoms with E-state index in [0.29, 0.717) is 6.42 Å². The highest BCUT2D eigenvalue weighted by Gasteiger charge is 2.24. The minimum atomic E-state index is 0.138. The number of amides is 1. The number of likely N-dealkylation sites (N-methyl/N-ethyl adjacent to an activating group) is 1. The van der Waals surface area contributed by atoms with Gasteiger partial charge < -0.3 is 10.2 Å². The number of hydrogen-bond donors (Lipinski definition) is 2. The maximum Gasteiger partial charge on any atom is 0.231 e. The minimum Gasteiger partial charge on any atom is -0.385 e. The molecule has 0 aliphatic carbocycles. The van der Waals surface area contributed by atoms with Gasteiger partial charge in [-0.05, 0) is 24.6 Å². The molecule has 0 saturated heterocycles. The Hall–Kier alpha value is -2.30. The molecule has 19 heavy (non-hydrogen) atoms. The lowest BCUT2D eigenvalue weighted by molar-refractivity contribution is -0.117. The van der Waals surface area contributed by atoms with Crippen LogP contribution in [0.25, 0.3) is 11.3 Å². The third kappa shape index (κ3) is 1.69. The molecule has 0 unspecified atom stereocenters. The molecule has 1 aliphatic heterocycles. The average molecular weight is 256 g/mol. The Labute approximate surface area is 111 Å². The minimum absolute atomic E-state index is 0.138. The number of aromatic nitrogens is 2. The van der Waals surface area contributed by atoms with E-state index in [-0.39, 0.29) is 5.91 Å². The summed E-state index contributed by atoms with van der Waals surface area (Å²) in [6, 6.07) is 6.04. The second kappa shape index (κ2) is 4.12. The fourth-order valence-corrected chi connectivity index (χ4v) is 2.56. The smallest absolute Gasteiger partial charge is 0.231 e. The number of aryl methyl sites for hydroxylation is 1. The lowest BCUT2D eigenvalue weighted by Crippen LogP contribution is -2.20. The van der Waals surface area contributed by atoms with Crippen LogP contribution in [0.1, 0.15) is 11.3 Å². The number of nitrogens with one attached hydrogen (secondary N) is 2. The fourth-order valence-electron chi connectivity index (χ4n) is 2.56. The Morgan fingerprint density at radius 1 is 1.42 bits per heavy atom. The quantitative estimate of drug-likeness (QED) is 0.863. The van der Waals surface area contributed by atoms with E-state index in [1.807, 2.05) is 39.2 Å². The highest BCUT2D eigenvalue weighted by atomic mass is 16.2. The van der Waals surface area contributed by atoms with Crippen LogP contribution < -0.4 is 10.2 Å². The summed E-state index contributed by atoms with van der Waals surface area (Å²) in [6.45, 7) is 1.98. The molecule has 2 heterocycles. The van der Waals surface area contributed by atoms with Crippen molar-refractivity contribution >= 4 is 17.3 Å². The monoisotopic (exact) mass is 256 g/mol. The van der Waals surface area contributed by atoms with Crippen molar-refractivity contribution in [3.63, 3.8) is 0 Å². The van der Waals surface area contributed by atoms with Gasteiger partial charge >= 0.3 is 0 Å². The zero-order chi connectivity index (χ0) is 13.6. The van der Waals surface area contributed by atoms with Gasteiger partial charge in [0.1, 0.15) is 5.69 Å². The van der Waals surface area contributed by atoms with E-state index in [4.69, 9.17) is 0 Å². The molecule has 1 amide bonds. The summed E-state index contributed by atoms with van der Waals surface area (Å²) < 4.78 is 0. The van der Waals surface area contributed by atoms with Crippen LogP contribution in [0.15, 0.2) is 18.2 Å². The number of carbonyl (C=O) groups excluding carboxylic acids is 1. The number of H-pyrrole nitrogens is 1. The van der Waals surface area contributed by atoms with Gasteiger partial charge in [0.05, 0.1) is 17.8 Å². The van der Waals surface area contributed by atoms with Crippen molar-refractivity contribution in [2.24, 2.45) is 0 Å². The summed E-state index contributed by atoms with van der Waals surface area (Å²) >= 11 is 0.